The van der Waals surface area contributed by atoms with Crippen LogP contribution < -0.4 is 10.6 Å². The minimum absolute atomic E-state index is 0.304. The smallest absolute Gasteiger partial charge is 0.252 e. The Labute approximate surface area is 166 Å². The maximum absolute atomic E-state index is 14.0. The molecule has 4 aromatic rings. The topological polar surface area (TPSA) is 75.0 Å². The molecule has 0 atom stereocenters. The number of benzene rings is 2. The fourth-order valence-corrected chi connectivity index (χ4v) is 4.06. The van der Waals surface area contributed by atoms with Crippen LogP contribution in [0.15, 0.2) is 60.8 Å². The largest absolute Gasteiger partial charge is 0.365 e. The average molecular weight is 386 g/mol. The van der Waals surface area contributed by atoms with Crippen LogP contribution in [0.5, 0.6) is 0 Å². The van der Waals surface area contributed by atoms with Gasteiger partial charge in [0.05, 0.1) is 16.5 Å². The molecular formula is C23H19FN4O. The Morgan fingerprint density at radius 3 is 2.72 bits per heavy atom. The van der Waals surface area contributed by atoms with Gasteiger partial charge in [-0.25, -0.2) is 9.37 Å². The van der Waals surface area contributed by atoms with Crippen molar-refractivity contribution in [1.82, 2.24) is 9.97 Å². The third-order valence-corrected chi connectivity index (χ3v) is 5.49. The van der Waals surface area contributed by atoms with Gasteiger partial charge in [0, 0.05) is 30.2 Å². The molecule has 0 spiro atoms. The van der Waals surface area contributed by atoms with Crippen LogP contribution in [0.25, 0.3) is 27.4 Å². The summed E-state index contributed by atoms with van der Waals surface area (Å²) in [7, 11) is 0. The number of hydrogen-bond donors (Lipinski definition) is 2. The highest BCUT2D eigenvalue weighted by atomic mass is 19.1. The minimum Gasteiger partial charge on any atom is -0.365 e. The molecule has 0 aliphatic carbocycles. The highest BCUT2D eigenvalue weighted by molar-refractivity contribution is 6.18. The number of anilines is 1. The average Bonchev–Trinajstić information content (AvgIpc) is 3.12. The number of primary amides is 1. The van der Waals surface area contributed by atoms with Gasteiger partial charge in [0.2, 0.25) is 0 Å². The predicted octanol–water partition coefficient (Wildman–Crippen LogP) is 4.25. The number of fused-ring (bicyclic) bond motifs is 3. The molecule has 0 unspecified atom stereocenters. The van der Waals surface area contributed by atoms with Gasteiger partial charge in [0.1, 0.15) is 11.6 Å². The zero-order valence-corrected chi connectivity index (χ0v) is 15.7. The van der Waals surface area contributed by atoms with Crippen molar-refractivity contribution < 1.29 is 9.18 Å². The van der Waals surface area contributed by atoms with E-state index in [0.29, 0.717) is 23.0 Å². The first-order valence-corrected chi connectivity index (χ1v) is 9.51. The van der Waals surface area contributed by atoms with E-state index in [4.69, 9.17) is 5.73 Å². The Bertz CT molecular complexity index is 1280. The van der Waals surface area contributed by atoms with E-state index in [-0.39, 0.29) is 5.82 Å². The van der Waals surface area contributed by atoms with E-state index in [1.807, 2.05) is 18.2 Å². The molecular weight excluding hydrogens is 367 g/mol. The number of aromatic amines is 1. The monoisotopic (exact) mass is 386 g/mol. The number of H-pyrrole nitrogens is 1. The third-order valence-electron chi connectivity index (χ3n) is 5.49. The first kappa shape index (κ1) is 17.4. The first-order chi connectivity index (χ1) is 14.1. The van der Waals surface area contributed by atoms with E-state index in [1.54, 1.807) is 6.07 Å². The first-order valence-electron chi connectivity index (χ1n) is 9.51. The molecule has 0 radical (unpaired) electrons. The van der Waals surface area contributed by atoms with E-state index in [1.165, 1.54) is 29.5 Å². The van der Waals surface area contributed by atoms with Crippen molar-refractivity contribution in [2.24, 2.45) is 5.73 Å². The number of nitrogens with zero attached hydrogens (tertiary/aromatic N) is 2. The molecule has 1 aliphatic heterocycles. The molecule has 0 fully saturated rings. The zero-order chi connectivity index (χ0) is 20.0. The maximum Gasteiger partial charge on any atom is 0.252 e. The number of carbonyl (C=O) groups is 1. The lowest BCUT2D eigenvalue weighted by atomic mass is 9.99. The van der Waals surface area contributed by atoms with Crippen LogP contribution in [0.3, 0.4) is 0 Å². The molecule has 3 heterocycles. The van der Waals surface area contributed by atoms with Gasteiger partial charge in [-0.3, -0.25) is 4.79 Å². The van der Waals surface area contributed by atoms with Gasteiger partial charge < -0.3 is 15.6 Å². The van der Waals surface area contributed by atoms with Crippen molar-refractivity contribution in [3.8, 4) is 0 Å². The van der Waals surface area contributed by atoms with Crippen LogP contribution in [-0.2, 0) is 0 Å². The number of nitrogens with one attached hydrogen (secondary N) is 1. The molecule has 1 aliphatic rings. The highest BCUT2D eigenvalue weighted by Crippen LogP contribution is 2.36. The Morgan fingerprint density at radius 1 is 1.17 bits per heavy atom. The van der Waals surface area contributed by atoms with Crippen molar-refractivity contribution >= 4 is 39.1 Å². The van der Waals surface area contributed by atoms with Gasteiger partial charge in [-0.2, -0.15) is 0 Å². The fraction of sp³-hybridized carbons (Fsp3) is 0.130. The van der Waals surface area contributed by atoms with Crippen molar-refractivity contribution in [2.75, 3.05) is 18.0 Å². The van der Waals surface area contributed by atoms with Gasteiger partial charge in [-0.1, -0.05) is 36.4 Å². The molecule has 0 bridgehead atoms. The van der Waals surface area contributed by atoms with Gasteiger partial charge >= 0.3 is 0 Å². The number of hydrogen-bond acceptors (Lipinski definition) is 3. The van der Waals surface area contributed by atoms with Crippen LogP contribution >= 0.6 is 0 Å². The summed E-state index contributed by atoms with van der Waals surface area (Å²) in [6.07, 6.45) is 4.58. The summed E-state index contributed by atoms with van der Waals surface area (Å²) in [4.78, 5) is 21.8. The summed E-state index contributed by atoms with van der Waals surface area (Å²) in [5.74, 6) is -0.171. The van der Waals surface area contributed by atoms with Crippen LogP contribution in [-0.4, -0.2) is 29.0 Å². The lowest BCUT2D eigenvalue weighted by Gasteiger charge is -2.28. The lowest BCUT2D eigenvalue weighted by Crippen LogP contribution is -2.29. The second kappa shape index (κ2) is 6.74. The molecule has 29 heavy (non-hydrogen) atoms. The zero-order valence-electron chi connectivity index (χ0n) is 15.7. The number of carbonyl (C=O) groups excluding carboxylic acids is 1. The van der Waals surface area contributed by atoms with E-state index in [0.717, 1.165) is 29.7 Å². The molecule has 0 saturated heterocycles. The molecule has 3 N–H and O–H groups in total. The van der Waals surface area contributed by atoms with E-state index >= 15 is 0 Å². The van der Waals surface area contributed by atoms with Gasteiger partial charge in [0.25, 0.3) is 5.91 Å². The van der Waals surface area contributed by atoms with Gasteiger partial charge in [0.15, 0.2) is 0 Å². The summed E-state index contributed by atoms with van der Waals surface area (Å²) in [6, 6.07) is 14.8. The fourth-order valence-electron chi connectivity index (χ4n) is 4.06. The summed E-state index contributed by atoms with van der Waals surface area (Å²) in [5.41, 5.74) is 9.72. The van der Waals surface area contributed by atoms with Gasteiger partial charge in [-0.15, -0.1) is 0 Å². The Balaban J connectivity index is 1.63. The summed E-state index contributed by atoms with van der Waals surface area (Å²) >= 11 is 0. The van der Waals surface area contributed by atoms with Gasteiger partial charge in [-0.05, 0) is 35.8 Å². The molecule has 5 rings (SSSR count). The number of nitrogens with two attached hydrogens (primary N) is 1. The van der Waals surface area contributed by atoms with E-state index in [2.05, 4.69) is 33.1 Å². The van der Waals surface area contributed by atoms with Crippen molar-refractivity contribution in [2.45, 2.75) is 6.42 Å². The molecule has 2 aromatic heterocycles. The Kier molecular flexibility index (Phi) is 4.05. The number of aromatic nitrogens is 2. The quantitative estimate of drug-likeness (QED) is 0.553. The minimum atomic E-state index is -0.564. The summed E-state index contributed by atoms with van der Waals surface area (Å²) < 4.78 is 14.0. The molecule has 144 valence electrons. The Morgan fingerprint density at radius 2 is 2.00 bits per heavy atom. The normalized spacial score (nSPS) is 14.4. The van der Waals surface area contributed by atoms with Crippen LogP contribution in [0.1, 0.15) is 22.3 Å². The SMILES string of the molecule is NC(=O)c1cnc(N2CC=C(c3ccccc3)CC2)c2c1[nH]c1ccc(F)cc12. The summed E-state index contributed by atoms with van der Waals surface area (Å²) in [6.45, 7) is 1.46. The van der Waals surface area contributed by atoms with Crippen molar-refractivity contribution in [3.05, 3.63) is 77.7 Å². The predicted molar refractivity (Wildman–Crippen MR) is 113 cm³/mol. The van der Waals surface area contributed by atoms with Crippen molar-refractivity contribution in [3.63, 3.8) is 0 Å². The molecule has 0 saturated carbocycles. The van der Waals surface area contributed by atoms with Crippen LogP contribution in [0.2, 0.25) is 0 Å². The maximum atomic E-state index is 14.0. The lowest BCUT2D eigenvalue weighted by molar-refractivity contribution is 0.100. The summed E-state index contributed by atoms with van der Waals surface area (Å²) in [5, 5.41) is 1.43. The number of pyridine rings is 1. The van der Waals surface area contributed by atoms with E-state index < -0.39 is 5.91 Å². The molecule has 2 aromatic carbocycles. The van der Waals surface area contributed by atoms with E-state index in [9.17, 15) is 9.18 Å². The van der Waals surface area contributed by atoms with Crippen molar-refractivity contribution in [1.29, 1.82) is 0 Å². The number of amides is 1. The molecule has 1 amide bonds. The molecule has 5 nitrogen and oxygen atoms in total. The highest BCUT2D eigenvalue weighted by Gasteiger charge is 2.22. The number of rotatable bonds is 3. The Hall–Kier alpha value is -3.67. The van der Waals surface area contributed by atoms with Crippen LogP contribution in [0.4, 0.5) is 10.2 Å². The second-order valence-corrected chi connectivity index (χ2v) is 7.22. The standard InChI is InChI=1S/C23H19FN4O/c24-16-6-7-19-17(12-16)20-21(27-19)18(22(25)29)13-26-23(20)28-10-8-15(9-11-28)14-4-2-1-3-5-14/h1-8,12-13,27H,9-11H2,(H2,25,29). The number of halogens is 1. The van der Waals surface area contributed by atoms with Crippen LogP contribution in [0, 0.1) is 5.82 Å². The third kappa shape index (κ3) is 2.93. The second-order valence-electron chi connectivity index (χ2n) is 7.22. The molecule has 6 heteroatoms.